The summed E-state index contributed by atoms with van der Waals surface area (Å²) in [5, 5.41) is 15.9. The largest absolute Gasteiger partial charge is 0.353 e. The van der Waals surface area contributed by atoms with Gasteiger partial charge in [-0.05, 0) is 61.1 Å². The second kappa shape index (κ2) is 9.48. The van der Waals surface area contributed by atoms with E-state index in [0.29, 0.717) is 43.7 Å². The van der Waals surface area contributed by atoms with E-state index < -0.39 is 0 Å². The van der Waals surface area contributed by atoms with Gasteiger partial charge in [0.25, 0.3) is 11.5 Å². The summed E-state index contributed by atoms with van der Waals surface area (Å²) in [5.41, 5.74) is 5.01. The van der Waals surface area contributed by atoms with Crippen molar-refractivity contribution in [3.8, 4) is 6.07 Å². The van der Waals surface area contributed by atoms with E-state index in [2.05, 4.69) is 26.2 Å². The van der Waals surface area contributed by atoms with E-state index in [1.165, 1.54) is 0 Å². The van der Waals surface area contributed by atoms with Gasteiger partial charge in [-0.1, -0.05) is 12.1 Å². The van der Waals surface area contributed by atoms with Gasteiger partial charge in [0, 0.05) is 49.9 Å². The molecule has 1 amide bonds. The van der Waals surface area contributed by atoms with E-state index in [0.717, 1.165) is 53.9 Å². The van der Waals surface area contributed by atoms with Crippen molar-refractivity contribution in [2.45, 2.75) is 32.1 Å². The number of carbonyl (C=O) groups excluding carboxylic acids is 1. The Morgan fingerprint density at radius 2 is 1.85 bits per heavy atom. The summed E-state index contributed by atoms with van der Waals surface area (Å²) in [4.78, 5) is 33.7. The van der Waals surface area contributed by atoms with E-state index in [9.17, 15) is 9.59 Å². The quantitative estimate of drug-likeness (QED) is 0.649. The highest BCUT2D eigenvalue weighted by Gasteiger charge is 2.23. The van der Waals surface area contributed by atoms with Crippen molar-refractivity contribution in [1.29, 1.82) is 5.26 Å². The van der Waals surface area contributed by atoms with Gasteiger partial charge >= 0.3 is 0 Å². The molecule has 0 unspecified atom stereocenters. The summed E-state index contributed by atoms with van der Waals surface area (Å²) < 4.78 is 0. The second-order valence-corrected chi connectivity index (χ2v) is 8.84. The predicted octanol–water partition coefficient (Wildman–Crippen LogP) is 2.47. The minimum absolute atomic E-state index is 0.0192. The van der Waals surface area contributed by atoms with Gasteiger partial charge in [0.1, 0.15) is 11.9 Å². The zero-order valence-corrected chi connectivity index (χ0v) is 19.0. The zero-order chi connectivity index (χ0) is 23.5. The molecule has 34 heavy (non-hydrogen) atoms. The molecule has 0 spiro atoms. The normalized spacial score (nSPS) is 15.5. The Bertz CT molecular complexity index is 1300. The Kier molecular flexibility index (Phi) is 6.09. The fraction of sp³-hybridized carbons (Fsp3) is 0.346. The molecule has 1 aromatic carbocycles. The van der Waals surface area contributed by atoms with Crippen molar-refractivity contribution in [2.24, 2.45) is 0 Å². The maximum atomic E-state index is 13.2. The fourth-order valence-electron chi connectivity index (χ4n) is 4.84. The van der Waals surface area contributed by atoms with Crippen LogP contribution in [0.4, 0.5) is 5.82 Å². The molecule has 2 aromatic heterocycles. The number of nitrogens with zero attached hydrogens (tertiary/aromatic N) is 5. The molecule has 0 radical (unpaired) electrons. The predicted molar refractivity (Wildman–Crippen MR) is 128 cm³/mol. The average Bonchev–Trinajstić information content (AvgIpc) is 2.90. The molecule has 0 atom stereocenters. The lowest BCUT2D eigenvalue weighted by atomic mass is 9.90. The van der Waals surface area contributed by atoms with Crippen LogP contribution in [0.25, 0.3) is 0 Å². The van der Waals surface area contributed by atoms with Crippen molar-refractivity contribution >= 4 is 11.7 Å². The number of nitriles is 1. The Labute approximate surface area is 197 Å². The van der Waals surface area contributed by atoms with Crippen LogP contribution in [0.15, 0.2) is 47.4 Å². The summed E-state index contributed by atoms with van der Waals surface area (Å²) in [7, 11) is 0. The molecule has 1 fully saturated rings. The molecule has 0 bridgehead atoms. The number of fused-ring (bicyclic) bond motifs is 1. The third-order valence-electron chi connectivity index (χ3n) is 6.70. The first-order chi connectivity index (χ1) is 16.6. The van der Waals surface area contributed by atoms with Crippen LogP contribution in [0.2, 0.25) is 0 Å². The van der Waals surface area contributed by atoms with Crippen LogP contribution in [0.1, 0.15) is 51.1 Å². The number of hydrogen-bond donors (Lipinski definition) is 1. The van der Waals surface area contributed by atoms with Crippen molar-refractivity contribution in [2.75, 3.05) is 31.1 Å². The highest BCUT2D eigenvalue weighted by Crippen LogP contribution is 2.23. The van der Waals surface area contributed by atoms with Crippen LogP contribution in [0.5, 0.6) is 0 Å². The highest BCUT2D eigenvalue weighted by atomic mass is 16.2. The molecule has 1 aliphatic heterocycles. The van der Waals surface area contributed by atoms with Crippen molar-refractivity contribution in [3.63, 3.8) is 0 Å². The number of nitrogens with one attached hydrogen (secondary N) is 1. The van der Waals surface area contributed by atoms with Gasteiger partial charge < -0.3 is 9.80 Å². The maximum Gasteiger partial charge on any atom is 0.267 e. The molecule has 3 aromatic rings. The summed E-state index contributed by atoms with van der Waals surface area (Å²) in [5.74, 6) is 0.843. The second-order valence-electron chi connectivity index (χ2n) is 8.84. The summed E-state index contributed by atoms with van der Waals surface area (Å²) in [6.45, 7) is 2.61. The molecule has 172 valence electrons. The number of piperazine rings is 1. The van der Waals surface area contributed by atoms with Gasteiger partial charge in [0.05, 0.1) is 11.3 Å². The van der Waals surface area contributed by atoms with Gasteiger partial charge in [-0.3, -0.25) is 9.59 Å². The van der Waals surface area contributed by atoms with Gasteiger partial charge in [-0.15, -0.1) is 0 Å². The van der Waals surface area contributed by atoms with Gasteiger partial charge in [-0.25, -0.2) is 10.1 Å². The fourth-order valence-corrected chi connectivity index (χ4v) is 4.84. The highest BCUT2D eigenvalue weighted by molar-refractivity contribution is 5.94. The summed E-state index contributed by atoms with van der Waals surface area (Å²) in [6.07, 6.45) is 5.98. The Morgan fingerprint density at radius 1 is 1.06 bits per heavy atom. The van der Waals surface area contributed by atoms with Crippen LogP contribution in [-0.4, -0.2) is 52.2 Å². The number of aromatic nitrogens is 3. The van der Waals surface area contributed by atoms with E-state index in [1.54, 1.807) is 12.3 Å². The zero-order valence-electron chi connectivity index (χ0n) is 19.0. The third kappa shape index (κ3) is 4.42. The Hall–Kier alpha value is -3.99. The van der Waals surface area contributed by atoms with E-state index in [4.69, 9.17) is 5.26 Å². The molecular formula is C26H26N6O2. The van der Waals surface area contributed by atoms with Crippen LogP contribution in [-0.2, 0) is 19.3 Å². The molecule has 1 saturated heterocycles. The first-order valence-electron chi connectivity index (χ1n) is 11.7. The first kappa shape index (κ1) is 21.8. The van der Waals surface area contributed by atoms with Crippen molar-refractivity contribution < 1.29 is 4.79 Å². The SMILES string of the molecule is N#Cc1ccc(N2CCN(C(=O)c3cccc(Cc4n[nH]c(=O)c5c4CCCC5)c3)CC2)nc1. The van der Waals surface area contributed by atoms with Crippen molar-refractivity contribution in [3.05, 3.63) is 86.5 Å². The maximum absolute atomic E-state index is 13.2. The number of H-pyrrole nitrogens is 1. The summed E-state index contributed by atoms with van der Waals surface area (Å²) in [6, 6.07) is 13.4. The molecule has 1 N–H and O–H groups in total. The number of anilines is 1. The number of hydrogen-bond acceptors (Lipinski definition) is 6. The van der Waals surface area contributed by atoms with Gasteiger partial charge in [-0.2, -0.15) is 10.4 Å². The summed E-state index contributed by atoms with van der Waals surface area (Å²) >= 11 is 0. The standard InChI is InChI=1S/C26H26N6O2/c27-16-19-8-9-24(28-17-19)31-10-12-32(13-11-31)26(34)20-5-3-4-18(14-20)15-23-21-6-1-2-7-22(21)25(33)30-29-23/h3-5,8-9,14,17H,1-2,6-7,10-13,15H2,(H,30,33). The first-order valence-corrected chi connectivity index (χ1v) is 11.7. The Morgan fingerprint density at radius 3 is 2.59 bits per heavy atom. The molecular weight excluding hydrogens is 428 g/mol. The molecule has 8 nitrogen and oxygen atoms in total. The molecule has 5 rings (SSSR count). The number of benzene rings is 1. The van der Waals surface area contributed by atoms with Crippen LogP contribution in [0, 0.1) is 11.3 Å². The third-order valence-corrected chi connectivity index (χ3v) is 6.70. The lowest BCUT2D eigenvalue weighted by molar-refractivity contribution is 0.0746. The van der Waals surface area contributed by atoms with E-state index >= 15 is 0 Å². The smallest absolute Gasteiger partial charge is 0.267 e. The minimum atomic E-state index is -0.0715. The van der Waals surface area contributed by atoms with Crippen LogP contribution >= 0.6 is 0 Å². The number of aromatic amines is 1. The number of carbonyl (C=O) groups is 1. The average molecular weight is 455 g/mol. The number of amides is 1. The Balaban J connectivity index is 1.26. The number of rotatable bonds is 4. The molecule has 2 aliphatic rings. The van der Waals surface area contributed by atoms with E-state index in [-0.39, 0.29) is 11.5 Å². The molecule has 8 heteroatoms. The minimum Gasteiger partial charge on any atom is -0.353 e. The van der Waals surface area contributed by atoms with Gasteiger partial charge in [0.2, 0.25) is 0 Å². The van der Waals surface area contributed by atoms with Gasteiger partial charge in [0.15, 0.2) is 0 Å². The van der Waals surface area contributed by atoms with Crippen molar-refractivity contribution in [1.82, 2.24) is 20.1 Å². The lowest BCUT2D eigenvalue weighted by Gasteiger charge is -2.35. The van der Waals surface area contributed by atoms with E-state index in [1.807, 2.05) is 35.2 Å². The monoisotopic (exact) mass is 454 g/mol. The molecule has 1 aliphatic carbocycles. The molecule has 0 saturated carbocycles. The van der Waals surface area contributed by atoms with Crippen LogP contribution < -0.4 is 10.5 Å². The molecule has 3 heterocycles. The lowest BCUT2D eigenvalue weighted by Crippen LogP contribution is -2.49. The topological polar surface area (TPSA) is 106 Å². The van der Waals surface area contributed by atoms with Crippen LogP contribution in [0.3, 0.4) is 0 Å². The number of pyridine rings is 1.